The molecule has 100 valence electrons. The first-order valence-corrected chi connectivity index (χ1v) is 6.25. The molecule has 4 N–H and O–H groups in total. The molecule has 0 aliphatic carbocycles. The van der Waals surface area contributed by atoms with Gasteiger partial charge in [-0.2, -0.15) is 0 Å². The van der Waals surface area contributed by atoms with Gasteiger partial charge in [0.05, 0.1) is 6.10 Å². The summed E-state index contributed by atoms with van der Waals surface area (Å²) in [6, 6.07) is 7.73. The Hall–Kier alpha value is -1.39. The molecule has 1 rings (SSSR count). The van der Waals surface area contributed by atoms with Crippen LogP contribution in [-0.2, 0) is 11.2 Å². The lowest BCUT2D eigenvalue weighted by molar-refractivity contribution is -0.121. The van der Waals surface area contributed by atoms with Crippen LogP contribution < -0.4 is 11.1 Å². The topological polar surface area (TPSA) is 75.4 Å². The van der Waals surface area contributed by atoms with E-state index in [1.165, 1.54) is 5.56 Å². The number of nitrogens with one attached hydrogen (secondary N) is 1. The molecule has 1 aromatic carbocycles. The van der Waals surface area contributed by atoms with Gasteiger partial charge >= 0.3 is 0 Å². The quantitative estimate of drug-likeness (QED) is 0.697. The van der Waals surface area contributed by atoms with Gasteiger partial charge in [0.15, 0.2) is 0 Å². The van der Waals surface area contributed by atoms with Gasteiger partial charge < -0.3 is 16.2 Å². The van der Waals surface area contributed by atoms with Crippen molar-refractivity contribution in [2.75, 3.05) is 6.54 Å². The Labute approximate surface area is 108 Å². The third-order valence-electron chi connectivity index (χ3n) is 2.92. The van der Waals surface area contributed by atoms with Crippen molar-refractivity contribution in [3.63, 3.8) is 0 Å². The minimum Gasteiger partial charge on any atom is -0.392 e. The minimum absolute atomic E-state index is 0.0355. The summed E-state index contributed by atoms with van der Waals surface area (Å²) >= 11 is 0. The van der Waals surface area contributed by atoms with E-state index < -0.39 is 12.1 Å². The maximum atomic E-state index is 11.6. The third kappa shape index (κ3) is 5.29. The summed E-state index contributed by atoms with van der Waals surface area (Å²) in [7, 11) is 0. The van der Waals surface area contributed by atoms with E-state index in [0.29, 0.717) is 13.0 Å². The molecule has 0 aliphatic heterocycles. The highest BCUT2D eigenvalue weighted by molar-refractivity contribution is 5.76. The number of carbonyl (C=O) groups excluding carboxylic acids is 1. The van der Waals surface area contributed by atoms with Crippen LogP contribution in [0.2, 0.25) is 0 Å². The number of carbonyl (C=O) groups is 1. The molecule has 0 saturated heterocycles. The number of nitrogens with two attached hydrogens (primary N) is 1. The van der Waals surface area contributed by atoms with Crippen molar-refractivity contribution < 1.29 is 9.90 Å². The van der Waals surface area contributed by atoms with E-state index in [-0.39, 0.29) is 5.91 Å². The number of aliphatic hydroxyl groups is 1. The molecule has 0 saturated carbocycles. The molecule has 0 spiro atoms. The van der Waals surface area contributed by atoms with Crippen molar-refractivity contribution in [3.05, 3.63) is 35.4 Å². The number of rotatable bonds is 6. The highest BCUT2D eigenvalue weighted by atomic mass is 16.3. The van der Waals surface area contributed by atoms with Crippen molar-refractivity contribution in [3.8, 4) is 0 Å². The van der Waals surface area contributed by atoms with Crippen LogP contribution in [0.5, 0.6) is 0 Å². The molecule has 0 heterocycles. The predicted octanol–water partition coefficient (Wildman–Crippen LogP) is 0.752. The second kappa shape index (κ2) is 7.13. The minimum atomic E-state index is -0.609. The zero-order valence-electron chi connectivity index (χ0n) is 11.0. The molecule has 4 heteroatoms. The van der Waals surface area contributed by atoms with E-state index in [2.05, 4.69) is 5.32 Å². The molecule has 4 nitrogen and oxygen atoms in total. The average molecular weight is 250 g/mol. The summed E-state index contributed by atoms with van der Waals surface area (Å²) in [5.74, 6) is -0.0355. The van der Waals surface area contributed by atoms with Crippen molar-refractivity contribution in [1.29, 1.82) is 0 Å². The summed E-state index contributed by atoms with van der Waals surface area (Å²) < 4.78 is 0. The molecule has 2 atom stereocenters. The van der Waals surface area contributed by atoms with Crippen LogP contribution in [0.15, 0.2) is 24.3 Å². The van der Waals surface area contributed by atoms with Gasteiger partial charge in [0.25, 0.3) is 0 Å². The van der Waals surface area contributed by atoms with Crippen molar-refractivity contribution in [2.45, 2.75) is 38.8 Å². The standard InChI is InChI=1S/C14H22N2O2/c1-10-3-5-12(6-4-10)7-8-14(18)16-9-13(15)11(2)17/h3-6,11,13,17H,7-9,15H2,1-2H3,(H,16,18). The van der Waals surface area contributed by atoms with Crippen LogP contribution in [0.4, 0.5) is 0 Å². The van der Waals surface area contributed by atoms with Gasteiger partial charge in [-0.1, -0.05) is 29.8 Å². The molecule has 1 aromatic rings. The Morgan fingerprint density at radius 1 is 1.39 bits per heavy atom. The number of aliphatic hydroxyl groups excluding tert-OH is 1. The largest absolute Gasteiger partial charge is 0.392 e. The summed E-state index contributed by atoms with van der Waals surface area (Å²) in [6.07, 6.45) is 0.549. The Bertz CT molecular complexity index is 374. The molecule has 0 fully saturated rings. The summed E-state index contributed by atoms with van der Waals surface area (Å²) in [6.45, 7) is 3.96. The summed E-state index contributed by atoms with van der Waals surface area (Å²) in [5, 5.41) is 11.9. The van der Waals surface area contributed by atoms with E-state index in [0.717, 1.165) is 12.0 Å². The van der Waals surface area contributed by atoms with E-state index >= 15 is 0 Å². The number of amides is 1. The lowest BCUT2D eigenvalue weighted by Gasteiger charge is -2.15. The number of aryl methyl sites for hydroxylation is 2. The van der Waals surface area contributed by atoms with Crippen LogP contribution in [0.1, 0.15) is 24.5 Å². The van der Waals surface area contributed by atoms with Crippen LogP contribution in [-0.4, -0.2) is 29.7 Å². The number of hydrogen-bond donors (Lipinski definition) is 3. The van der Waals surface area contributed by atoms with E-state index in [1.54, 1.807) is 6.92 Å². The average Bonchev–Trinajstić information content (AvgIpc) is 2.35. The van der Waals surface area contributed by atoms with Gasteiger partial charge in [0, 0.05) is 19.0 Å². The van der Waals surface area contributed by atoms with Gasteiger partial charge in [0.2, 0.25) is 5.91 Å². The normalized spacial score (nSPS) is 14.0. The second-order valence-corrected chi connectivity index (χ2v) is 4.69. The fraction of sp³-hybridized carbons (Fsp3) is 0.500. The third-order valence-corrected chi connectivity index (χ3v) is 2.92. The van der Waals surface area contributed by atoms with Crippen LogP contribution in [0, 0.1) is 6.92 Å². The summed E-state index contributed by atoms with van der Waals surface area (Å²) in [4.78, 5) is 11.6. The molecule has 0 radical (unpaired) electrons. The Morgan fingerprint density at radius 3 is 2.56 bits per heavy atom. The smallest absolute Gasteiger partial charge is 0.220 e. The van der Waals surface area contributed by atoms with Crippen molar-refractivity contribution >= 4 is 5.91 Å². The van der Waals surface area contributed by atoms with Crippen LogP contribution in [0.25, 0.3) is 0 Å². The number of hydrogen-bond acceptors (Lipinski definition) is 3. The summed E-state index contributed by atoms with van der Waals surface area (Å²) in [5.41, 5.74) is 7.99. The second-order valence-electron chi connectivity index (χ2n) is 4.69. The monoisotopic (exact) mass is 250 g/mol. The maximum Gasteiger partial charge on any atom is 0.220 e. The Balaban J connectivity index is 2.27. The van der Waals surface area contributed by atoms with E-state index in [4.69, 9.17) is 5.73 Å². The zero-order chi connectivity index (χ0) is 13.5. The molecular weight excluding hydrogens is 228 g/mol. The fourth-order valence-electron chi connectivity index (χ4n) is 1.50. The van der Waals surface area contributed by atoms with Gasteiger partial charge in [-0.3, -0.25) is 4.79 Å². The molecule has 1 amide bonds. The molecule has 0 aliphatic rings. The van der Waals surface area contributed by atoms with E-state index in [1.807, 2.05) is 31.2 Å². The highest BCUT2D eigenvalue weighted by Crippen LogP contribution is 2.05. The lowest BCUT2D eigenvalue weighted by atomic mass is 10.1. The SMILES string of the molecule is Cc1ccc(CCC(=O)NCC(N)C(C)O)cc1. The molecule has 0 bridgehead atoms. The first-order chi connectivity index (χ1) is 8.49. The van der Waals surface area contributed by atoms with E-state index in [9.17, 15) is 9.90 Å². The Morgan fingerprint density at radius 2 is 2.00 bits per heavy atom. The first kappa shape index (κ1) is 14.7. The van der Waals surface area contributed by atoms with Gasteiger partial charge in [-0.25, -0.2) is 0 Å². The lowest BCUT2D eigenvalue weighted by Crippen LogP contribution is -2.43. The first-order valence-electron chi connectivity index (χ1n) is 6.25. The Kier molecular flexibility index (Phi) is 5.82. The van der Waals surface area contributed by atoms with Crippen LogP contribution >= 0.6 is 0 Å². The molecule has 18 heavy (non-hydrogen) atoms. The molecular formula is C14H22N2O2. The van der Waals surface area contributed by atoms with Gasteiger partial charge in [-0.05, 0) is 25.8 Å². The highest BCUT2D eigenvalue weighted by Gasteiger charge is 2.10. The maximum absolute atomic E-state index is 11.6. The van der Waals surface area contributed by atoms with Crippen molar-refractivity contribution in [1.82, 2.24) is 5.32 Å². The van der Waals surface area contributed by atoms with Crippen molar-refractivity contribution in [2.24, 2.45) is 5.73 Å². The predicted molar refractivity (Wildman–Crippen MR) is 72.2 cm³/mol. The molecule has 0 aromatic heterocycles. The van der Waals surface area contributed by atoms with Crippen LogP contribution in [0.3, 0.4) is 0 Å². The van der Waals surface area contributed by atoms with Gasteiger partial charge in [-0.15, -0.1) is 0 Å². The molecule has 2 unspecified atom stereocenters. The fourth-order valence-corrected chi connectivity index (χ4v) is 1.50. The number of benzene rings is 1. The zero-order valence-corrected chi connectivity index (χ0v) is 11.0. The van der Waals surface area contributed by atoms with Gasteiger partial charge in [0.1, 0.15) is 0 Å².